The average molecular weight is 543 g/mol. The van der Waals surface area contributed by atoms with Gasteiger partial charge >= 0.3 is 0 Å². The molecular formula is C23H20BrCl3N2O2. The molecule has 3 aromatic rings. The maximum Gasteiger partial charge on any atom is 0.175 e. The highest BCUT2D eigenvalue weighted by Crippen LogP contribution is 2.37. The largest absolute Gasteiger partial charge is 0.490 e. The first-order valence-corrected chi connectivity index (χ1v) is 11.4. The monoisotopic (exact) mass is 540 g/mol. The zero-order valence-electron chi connectivity index (χ0n) is 16.7. The van der Waals surface area contributed by atoms with Gasteiger partial charge in [-0.3, -0.25) is 0 Å². The van der Waals surface area contributed by atoms with Crippen molar-refractivity contribution in [1.29, 1.82) is 0 Å². The summed E-state index contributed by atoms with van der Waals surface area (Å²) in [6.45, 7) is 3.15. The summed E-state index contributed by atoms with van der Waals surface area (Å²) in [5.74, 6) is 1.22. The highest BCUT2D eigenvalue weighted by Gasteiger charge is 2.13. The molecule has 0 spiro atoms. The lowest BCUT2D eigenvalue weighted by Crippen LogP contribution is -2.07. The van der Waals surface area contributed by atoms with E-state index in [-0.39, 0.29) is 0 Å². The summed E-state index contributed by atoms with van der Waals surface area (Å²) in [4.78, 5) is 0. The van der Waals surface area contributed by atoms with Crippen LogP contribution in [0.5, 0.6) is 11.5 Å². The number of nitrogens with zero attached hydrogens (tertiary/aromatic N) is 1. The van der Waals surface area contributed by atoms with Gasteiger partial charge in [0, 0.05) is 26.2 Å². The van der Waals surface area contributed by atoms with E-state index >= 15 is 0 Å². The summed E-state index contributed by atoms with van der Waals surface area (Å²) in [6, 6.07) is 16.7. The van der Waals surface area contributed by atoms with Crippen molar-refractivity contribution in [2.45, 2.75) is 20.1 Å². The van der Waals surface area contributed by atoms with E-state index in [1.165, 1.54) is 0 Å². The first-order valence-electron chi connectivity index (χ1n) is 9.51. The molecule has 0 aliphatic carbocycles. The normalized spacial score (nSPS) is 11.0. The molecule has 0 radical (unpaired) electrons. The fraction of sp³-hybridized carbons (Fsp3) is 0.174. The number of nitrogens with one attached hydrogen (secondary N) is 1. The third-order valence-electron chi connectivity index (χ3n) is 4.28. The molecule has 0 atom stereocenters. The lowest BCUT2D eigenvalue weighted by Gasteiger charge is -2.15. The number of ether oxygens (including phenoxy) is 2. The fourth-order valence-corrected chi connectivity index (χ4v) is 4.07. The number of halogens is 4. The molecule has 0 aliphatic rings. The molecule has 1 N–H and O–H groups in total. The lowest BCUT2D eigenvalue weighted by molar-refractivity contribution is 0.267. The molecule has 8 heteroatoms. The summed E-state index contributed by atoms with van der Waals surface area (Å²) in [5, 5.41) is 6.11. The SMILES string of the molecule is CCOc1cc(/C=N\NCc2c(Cl)cccc2Cl)cc(Br)c1OCc1ccccc1Cl. The number of rotatable bonds is 9. The minimum Gasteiger partial charge on any atom is -0.490 e. The van der Waals surface area contributed by atoms with E-state index in [0.717, 1.165) is 21.2 Å². The van der Waals surface area contributed by atoms with E-state index in [0.29, 0.717) is 46.3 Å². The molecule has 0 fully saturated rings. The third kappa shape index (κ3) is 6.53. The first-order chi connectivity index (χ1) is 15.0. The number of hydrogen-bond donors (Lipinski definition) is 1. The Balaban J connectivity index is 1.71. The Morgan fingerprint density at radius 1 is 0.968 bits per heavy atom. The molecule has 0 saturated carbocycles. The summed E-state index contributed by atoms with van der Waals surface area (Å²) in [7, 11) is 0. The fourth-order valence-electron chi connectivity index (χ4n) is 2.78. The average Bonchev–Trinajstić information content (AvgIpc) is 2.73. The lowest BCUT2D eigenvalue weighted by atomic mass is 10.2. The number of hydrazone groups is 1. The quantitative estimate of drug-likeness (QED) is 0.225. The molecule has 0 saturated heterocycles. The van der Waals surface area contributed by atoms with Crippen molar-refractivity contribution in [3.8, 4) is 11.5 Å². The molecule has 3 aromatic carbocycles. The summed E-state index contributed by atoms with van der Waals surface area (Å²) in [5.41, 5.74) is 5.49. The maximum atomic E-state index is 6.23. The Labute approximate surface area is 205 Å². The van der Waals surface area contributed by atoms with Crippen LogP contribution >= 0.6 is 50.7 Å². The highest BCUT2D eigenvalue weighted by atomic mass is 79.9. The summed E-state index contributed by atoms with van der Waals surface area (Å²) < 4.78 is 12.5. The van der Waals surface area contributed by atoms with Crippen LogP contribution in [0.25, 0.3) is 0 Å². The van der Waals surface area contributed by atoms with E-state index < -0.39 is 0 Å². The van der Waals surface area contributed by atoms with Crippen LogP contribution < -0.4 is 14.9 Å². The molecule has 0 aromatic heterocycles. The minimum absolute atomic E-state index is 0.325. The molecule has 0 heterocycles. The Bertz CT molecular complexity index is 1060. The number of hydrogen-bond acceptors (Lipinski definition) is 4. The smallest absolute Gasteiger partial charge is 0.175 e. The van der Waals surface area contributed by atoms with E-state index in [1.54, 1.807) is 24.4 Å². The van der Waals surface area contributed by atoms with Crippen LogP contribution in [-0.4, -0.2) is 12.8 Å². The van der Waals surface area contributed by atoms with Gasteiger partial charge in [0.2, 0.25) is 0 Å². The molecule has 162 valence electrons. The first kappa shape index (κ1) is 23.7. The van der Waals surface area contributed by atoms with Gasteiger partial charge in [0.25, 0.3) is 0 Å². The van der Waals surface area contributed by atoms with E-state index in [1.807, 2.05) is 43.3 Å². The van der Waals surface area contributed by atoms with Crippen LogP contribution in [0.1, 0.15) is 23.6 Å². The zero-order chi connectivity index (χ0) is 22.2. The molecule has 0 aliphatic heterocycles. The number of benzene rings is 3. The second-order valence-corrected chi connectivity index (χ2v) is 8.51. The van der Waals surface area contributed by atoms with Crippen molar-refractivity contribution in [3.05, 3.63) is 90.8 Å². The summed E-state index contributed by atoms with van der Waals surface area (Å²) in [6.07, 6.45) is 1.69. The zero-order valence-corrected chi connectivity index (χ0v) is 20.5. The van der Waals surface area contributed by atoms with Crippen molar-refractivity contribution < 1.29 is 9.47 Å². The Morgan fingerprint density at radius 2 is 1.68 bits per heavy atom. The van der Waals surface area contributed by atoms with Crippen LogP contribution in [0.4, 0.5) is 0 Å². The van der Waals surface area contributed by atoms with Crippen molar-refractivity contribution in [1.82, 2.24) is 5.43 Å². The van der Waals surface area contributed by atoms with E-state index in [2.05, 4.69) is 26.5 Å². The van der Waals surface area contributed by atoms with Crippen molar-refractivity contribution in [3.63, 3.8) is 0 Å². The molecule has 3 rings (SSSR count). The van der Waals surface area contributed by atoms with Crippen LogP contribution in [0.2, 0.25) is 15.1 Å². The molecule has 4 nitrogen and oxygen atoms in total. The molecular weight excluding hydrogens is 523 g/mol. The van der Waals surface area contributed by atoms with E-state index in [4.69, 9.17) is 44.3 Å². The van der Waals surface area contributed by atoms with Gasteiger partial charge in [0.05, 0.1) is 23.8 Å². The van der Waals surface area contributed by atoms with Crippen LogP contribution in [0.3, 0.4) is 0 Å². The standard InChI is InChI=1S/C23H20BrCl3N2O2/c1-2-30-22-11-15(12-28-29-13-17-20(26)8-5-9-21(17)27)10-18(24)23(22)31-14-16-6-3-4-7-19(16)25/h3-12,29H,2,13-14H2,1H3/b28-12-. The summed E-state index contributed by atoms with van der Waals surface area (Å²) >= 11 is 22.2. The Kier molecular flexibility index (Phi) is 8.90. The topological polar surface area (TPSA) is 42.8 Å². The van der Waals surface area contributed by atoms with Crippen LogP contribution in [0.15, 0.2) is 64.2 Å². The molecule has 31 heavy (non-hydrogen) atoms. The highest BCUT2D eigenvalue weighted by molar-refractivity contribution is 9.10. The van der Waals surface area contributed by atoms with E-state index in [9.17, 15) is 0 Å². The predicted molar refractivity (Wildman–Crippen MR) is 132 cm³/mol. The second kappa shape index (κ2) is 11.6. The van der Waals surface area contributed by atoms with Gasteiger partial charge in [-0.25, -0.2) is 0 Å². The predicted octanol–water partition coefficient (Wildman–Crippen LogP) is 7.51. The molecule has 0 bridgehead atoms. The minimum atomic E-state index is 0.325. The van der Waals surface area contributed by atoms with Gasteiger partial charge in [-0.05, 0) is 58.7 Å². The van der Waals surface area contributed by atoms with Crippen molar-refractivity contribution >= 4 is 56.9 Å². The third-order valence-corrected chi connectivity index (χ3v) is 5.95. The van der Waals surface area contributed by atoms with Crippen LogP contribution in [-0.2, 0) is 13.2 Å². The Hall–Kier alpha value is -1.92. The van der Waals surface area contributed by atoms with Gasteiger partial charge in [-0.1, -0.05) is 59.1 Å². The Morgan fingerprint density at radius 3 is 2.39 bits per heavy atom. The van der Waals surface area contributed by atoms with Crippen molar-refractivity contribution in [2.24, 2.45) is 5.10 Å². The van der Waals surface area contributed by atoms with Gasteiger partial charge < -0.3 is 14.9 Å². The van der Waals surface area contributed by atoms with Gasteiger partial charge in [-0.2, -0.15) is 5.10 Å². The second-order valence-electron chi connectivity index (χ2n) is 6.44. The maximum absolute atomic E-state index is 6.23. The van der Waals surface area contributed by atoms with Crippen molar-refractivity contribution in [2.75, 3.05) is 6.61 Å². The van der Waals surface area contributed by atoms with Gasteiger partial charge in [0.15, 0.2) is 11.5 Å². The molecule has 0 unspecified atom stereocenters. The molecule has 0 amide bonds. The van der Waals surface area contributed by atoms with Gasteiger partial charge in [0.1, 0.15) is 6.61 Å². The van der Waals surface area contributed by atoms with Crippen LogP contribution in [0, 0.1) is 0 Å². The van der Waals surface area contributed by atoms with Gasteiger partial charge in [-0.15, -0.1) is 0 Å².